The summed E-state index contributed by atoms with van der Waals surface area (Å²) in [7, 11) is 0. The molecule has 1 aromatic rings. The largest absolute Gasteiger partial charge is 0.309 e. The smallest absolute Gasteiger partial charge is 0.0925 e. The van der Waals surface area contributed by atoms with Crippen molar-refractivity contribution in [2.24, 2.45) is 5.92 Å². The molecule has 0 aromatic carbocycles. The molecule has 1 N–H and O–H groups in total. The Kier molecular flexibility index (Phi) is 5.64. The minimum Gasteiger partial charge on any atom is -0.309 e. The first-order valence-corrected chi connectivity index (χ1v) is 8.32. The van der Waals surface area contributed by atoms with Crippen LogP contribution in [0.3, 0.4) is 0 Å². The van der Waals surface area contributed by atoms with Crippen LogP contribution in [-0.2, 0) is 13.0 Å². The molecule has 2 rings (SSSR count). The van der Waals surface area contributed by atoms with E-state index in [9.17, 15) is 0 Å². The Hall–Kier alpha value is -0.410. The summed E-state index contributed by atoms with van der Waals surface area (Å²) in [4.78, 5) is 5.82. The molecule has 1 unspecified atom stereocenters. The molecule has 0 radical (unpaired) electrons. The summed E-state index contributed by atoms with van der Waals surface area (Å²) in [6.07, 6.45) is 11.5. The van der Waals surface area contributed by atoms with Crippen LogP contribution < -0.4 is 5.32 Å². The van der Waals surface area contributed by atoms with Gasteiger partial charge in [-0.1, -0.05) is 33.1 Å². The minimum atomic E-state index is 0.706. The van der Waals surface area contributed by atoms with Gasteiger partial charge in [0, 0.05) is 23.7 Å². The lowest BCUT2D eigenvalue weighted by molar-refractivity contribution is 0.262. The Bertz CT molecular complexity index is 342. The summed E-state index contributed by atoms with van der Waals surface area (Å²) in [6.45, 7) is 5.50. The highest BCUT2D eigenvalue weighted by Crippen LogP contribution is 2.28. The first-order valence-electron chi connectivity index (χ1n) is 7.50. The standard InChI is InChI=1S/C15H26N2S/c1-3-14(12-8-6-5-7-9-12)16-10-13-11-17-15(4-2)18-13/h11-12,14,16H,3-10H2,1-2H3. The quantitative estimate of drug-likeness (QED) is 0.836. The van der Waals surface area contributed by atoms with Crippen molar-refractivity contribution in [2.45, 2.75) is 71.4 Å². The summed E-state index contributed by atoms with van der Waals surface area (Å²) in [5, 5.41) is 5.02. The summed E-state index contributed by atoms with van der Waals surface area (Å²) in [5.74, 6) is 0.905. The second kappa shape index (κ2) is 7.25. The van der Waals surface area contributed by atoms with E-state index in [4.69, 9.17) is 0 Å². The van der Waals surface area contributed by atoms with Gasteiger partial charge in [0.2, 0.25) is 0 Å². The van der Waals surface area contributed by atoms with Crippen molar-refractivity contribution in [2.75, 3.05) is 0 Å². The van der Waals surface area contributed by atoms with Crippen LogP contribution in [0.1, 0.15) is 62.3 Å². The number of rotatable bonds is 6. The average molecular weight is 266 g/mol. The number of hydrogen-bond acceptors (Lipinski definition) is 3. The third-order valence-electron chi connectivity index (χ3n) is 4.10. The van der Waals surface area contributed by atoms with E-state index < -0.39 is 0 Å². The van der Waals surface area contributed by atoms with E-state index in [2.05, 4.69) is 24.1 Å². The third-order valence-corrected chi connectivity index (χ3v) is 5.24. The van der Waals surface area contributed by atoms with Crippen molar-refractivity contribution in [3.63, 3.8) is 0 Å². The fourth-order valence-corrected chi connectivity index (χ4v) is 3.82. The van der Waals surface area contributed by atoms with Crippen LogP contribution in [0.4, 0.5) is 0 Å². The van der Waals surface area contributed by atoms with E-state index in [0.717, 1.165) is 18.9 Å². The van der Waals surface area contributed by atoms with Crippen LogP contribution in [0, 0.1) is 5.92 Å². The number of thiazole rings is 1. The number of nitrogens with zero attached hydrogens (tertiary/aromatic N) is 1. The highest BCUT2D eigenvalue weighted by molar-refractivity contribution is 7.11. The van der Waals surface area contributed by atoms with E-state index in [1.165, 1.54) is 48.4 Å². The first kappa shape index (κ1) is 14.0. The molecule has 0 bridgehead atoms. The average Bonchev–Trinajstić information content (AvgIpc) is 2.89. The molecule has 1 saturated carbocycles. The van der Waals surface area contributed by atoms with Gasteiger partial charge >= 0.3 is 0 Å². The van der Waals surface area contributed by atoms with Gasteiger partial charge in [-0.05, 0) is 31.6 Å². The Labute approximate surface area is 115 Å². The van der Waals surface area contributed by atoms with Gasteiger partial charge in [-0.2, -0.15) is 0 Å². The number of nitrogens with one attached hydrogen (secondary N) is 1. The lowest BCUT2D eigenvalue weighted by atomic mass is 9.83. The summed E-state index contributed by atoms with van der Waals surface area (Å²) >= 11 is 1.86. The predicted molar refractivity (Wildman–Crippen MR) is 79.0 cm³/mol. The van der Waals surface area contributed by atoms with E-state index in [1.807, 2.05) is 17.5 Å². The zero-order valence-electron chi connectivity index (χ0n) is 11.7. The molecule has 1 heterocycles. The lowest BCUT2D eigenvalue weighted by Gasteiger charge is -2.30. The summed E-state index contributed by atoms with van der Waals surface area (Å²) in [5.41, 5.74) is 0. The Morgan fingerprint density at radius 2 is 2.11 bits per heavy atom. The Balaban J connectivity index is 1.82. The van der Waals surface area contributed by atoms with Crippen LogP contribution >= 0.6 is 11.3 Å². The van der Waals surface area contributed by atoms with Crippen molar-refractivity contribution < 1.29 is 0 Å². The Morgan fingerprint density at radius 3 is 2.72 bits per heavy atom. The Morgan fingerprint density at radius 1 is 1.33 bits per heavy atom. The van der Waals surface area contributed by atoms with Gasteiger partial charge in [0.05, 0.1) is 5.01 Å². The van der Waals surface area contributed by atoms with E-state index in [0.29, 0.717) is 6.04 Å². The maximum absolute atomic E-state index is 4.43. The topological polar surface area (TPSA) is 24.9 Å². The molecule has 1 fully saturated rings. The fraction of sp³-hybridized carbons (Fsp3) is 0.800. The number of aromatic nitrogens is 1. The third kappa shape index (κ3) is 3.79. The van der Waals surface area contributed by atoms with Crippen LogP contribution in [0.2, 0.25) is 0 Å². The maximum atomic E-state index is 4.43. The van der Waals surface area contributed by atoms with Crippen molar-refractivity contribution >= 4 is 11.3 Å². The zero-order chi connectivity index (χ0) is 12.8. The normalized spacial score (nSPS) is 19.0. The van der Waals surface area contributed by atoms with Crippen molar-refractivity contribution in [1.29, 1.82) is 0 Å². The molecule has 0 spiro atoms. The minimum absolute atomic E-state index is 0.706. The highest BCUT2D eigenvalue weighted by atomic mass is 32.1. The van der Waals surface area contributed by atoms with Crippen LogP contribution in [0.5, 0.6) is 0 Å². The molecular formula is C15H26N2S. The van der Waals surface area contributed by atoms with Crippen molar-refractivity contribution in [3.8, 4) is 0 Å². The molecule has 1 atom stereocenters. The molecule has 2 nitrogen and oxygen atoms in total. The number of aryl methyl sites for hydroxylation is 1. The molecular weight excluding hydrogens is 240 g/mol. The molecule has 102 valence electrons. The van der Waals surface area contributed by atoms with Crippen molar-refractivity contribution in [3.05, 3.63) is 16.1 Å². The molecule has 0 aliphatic heterocycles. The lowest BCUT2D eigenvalue weighted by Crippen LogP contribution is -2.36. The van der Waals surface area contributed by atoms with Crippen LogP contribution in [-0.4, -0.2) is 11.0 Å². The van der Waals surface area contributed by atoms with Gasteiger partial charge in [-0.25, -0.2) is 4.98 Å². The molecule has 3 heteroatoms. The molecule has 1 aliphatic carbocycles. The van der Waals surface area contributed by atoms with Crippen LogP contribution in [0.25, 0.3) is 0 Å². The fourth-order valence-electron chi connectivity index (χ4n) is 3.01. The van der Waals surface area contributed by atoms with E-state index in [-0.39, 0.29) is 0 Å². The molecule has 18 heavy (non-hydrogen) atoms. The first-order chi connectivity index (χ1) is 8.83. The predicted octanol–water partition coefficient (Wildman–Crippen LogP) is 4.15. The van der Waals surface area contributed by atoms with Crippen LogP contribution in [0.15, 0.2) is 6.20 Å². The molecule has 0 amide bonds. The molecule has 1 aliphatic rings. The summed E-state index contributed by atoms with van der Waals surface area (Å²) in [6, 6.07) is 0.706. The second-order valence-electron chi connectivity index (χ2n) is 5.37. The zero-order valence-corrected chi connectivity index (χ0v) is 12.6. The molecule has 1 aromatic heterocycles. The highest BCUT2D eigenvalue weighted by Gasteiger charge is 2.21. The van der Waals surface area contributed by atoms with Gasteiger partial charge < -0.3 is 5.32 Å². The number of hydrogen-bond donors (Lipinski definition) is 1. The van der Waals surface area contributed by atoms with Gasteiger partial charge in [0.25, 0.3) is 0 Å². The monoisotopic (exact) mass is 266 g/mol. The van der Waals surface area contributed by atoms with Gasteiger partial charge in [0.15, 0.2) is 0 Å². The maximum Gasteiger partial charge on any atom is 0.0925 e. The SMILES string of the molecule is CCc1ncc(CNC(CC)C2CCCCC2)s1. The van der Waals surface area contributed by atoms with Crippen molar-refractivity contribution in [1.82, 2.24) is 10.3 Å². The summed E-state index contributed by atoms with van der Waals surface area (Å²) < 4.78 is 0. The van der Waals surface area contributed by atoms with E-state index >= 15 is 0 Å². The molecule has 0 saturated heterocycles. The van der Waals surface area contributed by atoms with Gasteiger partial charge in [0.1, 0.15) is 0 Å². The second-order valence-corrected chi connectivity index (χ2v) is 6.57. The van der Waals surface area contributed by atoms with Gasteiger partial charge in [-0.15, -0.1) is 11.3 Å². The van der Waals surface area contributed by atoms with Gasteiger partial charge in [-0.3, -0.25) is 0 Å². The van der Waals surface area contributed by atoms with E-state index in [1.54, 1.807) is 0 Å².